The van der Waals surface area contributed by atoms with Gasteiger partial charge in [-0.05, 0) is 48.2 Å². The molecule has 0 aliphatic carbocycles. The lowest BCUT2D eigenvalue weighted by atomic mass is 10.2. The molecule has 3 rings (SSSR count). The molecule has 0 spiro atoms. The largest absolute Gasteiger partial charge is 0.483 e. The molecule has 0 saturated carbocycles. The fraction of sp³-hybridized carbons (Fsp3) is 0.0556. The quantitative estimate of drug-likeness (QED) is 0.701. The fourth-order valence-corrected chi connectivity index (χ4v) is 3.24. The molecular formula is C18H13BrN2O4S. The van der Waals surface area contributed by atoms with Crippen molar-refractivity contribution in [2.75, 3.05) is 11.9 Å². The Morgan fingerprint density at radius 1 is 1.19 bits per heavy atom. The Bertz CT molecular complexity index is 899. The van der Waals surface area contributed by atoms with E-state index in [0.717, 1.165) is 16.2 Å². The van der Waals surface area contributed by atoms with Crippen LogP contribution in [0.2, 0.25) is 0 Å². The summed E-state index contributed by atoms with van der Waals surface area (Å²) in [6, 6.07) is 14.2. The van der Waals surface area contributed by atoms with Crippen molar-refractivity contribution in [2.45, 2.75) is 0 Å². The highest BCUT2D eigenvalue weighted by Gasteiger charge is 2.25. The predicted octanol–water partition coefficient (Wildman–Crippen LogP) is 3.79. The fourth-order valence-electron chi connectivity index (χ4n) is 2.19. The molecule has 1 heterocycles. The number of amides is 3. The maximum absolute atomic E-state index is 12.0. The van der Waals surface area contributed by atoms with Crippen molar-refractivity contribution in [3.63, 3.8) is 0 Å². The number of para-hydroxylation sites is 1. The van der Waals surface area contributed by atoms with Gasteiger partial charge in [0.2, 0.25) is 0 Å². The second-order valence-corrected chi connectivity index (χ2v) is 7.17. The number of hydrogen-bond acceptors (Lipinski definition) is 5. The first kappa shape index (κ1) is 18.2. The van der Waals surface area contributed by atoms with Crippen LogP contribution < -0.4 is 15.4 Å². The summed E-state index contributed by atoms with van der Waals surface area (Å²) in [6.07, 6.45) is 1.56. The SMILES string of the molecule is O=C(COc1ccc(Br)cc1/C=C1\SC(=O)NC1=O)Nc1ccccc1. The number of nitrogens with one attached hydrogen (secondary N) is 2. The molecule has 1 aliphatic rings. The number of ether oxygens (including phenoxy) is 1. The lowest BCUT2D eigenvalue weighted by molar-refractivity contribution is -0.118. The van der Waals surface area contributed by atoms with Crippen LogP contribution in [0.5, 0.6) is 5.75 Å². The molecular weight excluding hydrogens is 420 g/mol. The molecule has 8 heteroatoms. The van der Waals surface area contributed by atoms with E-state index in [2.05, 4.69) is 26.6 Å². The van der Waals surface area contributed by atoms with E-state index in [1.165, 1.54) is 0 Å². The van der Waals surface area contributed by atoms with E-state index in [1.807, 2.05) is 18.2 Å². The molecule has 2 aromatic carbocycles. The lowest BCUT2D eigenvalue weighted by Gasteiger charge is -2.10. The minimum atomic E-state index is -0.451. The van der Waals surface area contributed by atoms with Crippen LogP contribution in [0.3, 0.4) is 0 Å². The minimum absolute atomic E-state index is 0.190. The Morgan fingerprint density at radius 2 is 1.96 bits per heavy atom. The van der Waals surface area contributed by atoms with Gasteiger partial charge in [0.15, 0.2) is 6.61 Å². The highest BCUT2D eigenvalue weighted by atomic mass is 79.9. The average molecular weight is 433 g/mol. The molecule has 26 heavy (non-hydrogen) atoms. The van der Waals surface area contributed by atoms with E-state index in [-0.39, 0.29) is 17.4 Å². The predicted molar refractivity (Wildman–Crippen MR) is 104 cm³/mol. The highest BCUT2D eigenvalue weighted by Crippen LogP contribution is 2.31. The zero-order chi connectivity index (χ0) is 18.5. The molecule has 1 saturated heterocycles. The molecule has 0 unspecified atom stereocenters. The first-order valence-corrected chi connectivity index (χ1v) is 9.14. The van der Waals surface area contributed by atoms with Crippen molar-refractivity contribution < 1.29 is 19.1 Å². The number of hydrogen-bond donors (Lipinski definition) is 2. The normalized spacial score (nSPS) is 15.0. The Morgan fingerprint density at radius 3 is 2.65 bits per heavy atom. The number of anilines is 1. The molecule has 0 bridgehead atoms. The van der Waals surface area contributed by atoms with Gasteiger partial charge < -0.3 is 10.1 Å². The second-order valence-electron chi connectivity index (χ2n) is 5.24. The van der Waals surface area contributed by atoms with Crippen LogP contribution in [-0.2, 0) is 9.59 Å². The number of halogens is 1. The van der Waals surface area contributed by atoms with Crippen LogP contribution in [0.1, 0.15) is 5.56 Å². The van der Waals surface area contributed by atoms with Crippen LogP contribution >= 0.6 is 27.7 Å². The van der Waals surface area contributed by atoms with Crippen LogP contribution in [0.25, 0.3) is 6.08 Å². The molecule has 2 N–H and O–H groups in total. The van der Waals surface area contributed by atoms with Crippen molar-refractivity contribution in [3.8, 4) is 5.75 Å². The van der Waals surface area contributed by atoms with Crippen molar-refractivity contribution in [3.05, 3.63) is 63.5 Å². The van der Waals surface area contributed by atoms with Gasteiger partial charge in [0, 0.05) is 15.7 Å². The molecule has 0 atom stereocenters. The summed E-state index contributed by atoms with van der Waals surface area (Å²) in [6.45, 7) is -0.190. The smallest absolute Gasteiger partial charge is 0.290 e. The molecule has 2 aromatic rings. The summed E-state index contributed by atoms with van der Waals surface area (Å²) in [4.78, 5) is 35.3. The zero-order valence-electron chi connectivity index (χ0n) is 13.3. The summed E-state index contributed by atoms with van der Waals surface area (Å²) in [5, 5.41) is 4.51. The lowest BCUT2D eigenvalue weighted by Crippen LogP contribution is -2.20. The van der Waals surface area contributed by atoms with E-state index in [0.29, 0.717) is 17.0 Å². The number of carbonyl (C=O) groups is 3. The van der Waals surface area contributed by atoms with Gasteiger partial charge in [-0.3, -0.25) is 19.7 Å². The number of thioether (sulfide) groups is 1. The van der Waals surface area contributed by atoms with Gasteiger partial charge in [-0.2, -0.15) is 0 Å². The third kappa shape index (κ3) is 4.74. The maximum atomic E-state index is 12.0. The van der Waals surface area contributed by atoms with Crippen LogP contribution in [0.4, 0.5) is 10.5 Å². The molecule has 132 valence electrons. The third-order valence-electron chi connectivity index (χ3n) is 3.32. The van der Waals surface area contributed by atoms with Crippen LogP contribution in [0, 0.1) is 0 Å². The van der Waals surface area contributed by atoms with Gasteiger partial charge in [-0.15, -0.1) is 0 Å². The Hall–Kier alpha value is -2.58. The summed E-state index contributed by atoms with van der Waals surface area (Å²) in [5.74, 6) is -0.328. The van der Waals surface area contributed by atoms with Crippen molar-refractivity contribution in [1.29, 1.82) is 0 Å². The Labute approximate surface area is 162 Å². The first-order valence-electron chi connectivity index (χ1n) is 7.53. The molecule has 6 nitrogen and oxygen atoms in total. The van der Waals surface area contributed by atoms with Gasteiger partial charge in [0.05, 0.1) is 4.91 Å². The van der Waals surface area contributed by atoms with Gasteiger partial charge >= 0.3 is 0 Å². The van der Waals surface area contributed by atoms with E-state index in [1.54, 1.807) is 36.4 Å². The summed E-state index contributed by atoms with van der Waals surface area (Å²) < 4.78 is 6.37. The summed E-state index contributed by atoms with van der Waals surface area (Å²) in [7, 11) is 0. The van der Waals surface area contributed by atoms with E-state index in [9.17, 15) is 14.4 Å². The van der Waals surface area contributed by atoms with Crippen LogP contribution in [-0.4, -0.2) is 23.7 Å². The maximum Gasteiger partial charge on any atom is 0.290 e. The van der Waals surface area contributed by atoms with E-state index < -0.39 is 11.1 Å². The van der Waals surface area contributed by atoms with Crippen LogP contribution in [0.15, 0.2) is 57.9 Å². The molecule has 1 fully saturated rings. The van der Waals surface area contributed by atoms with E-state index in [4.69, 9.17) is 4.74 Å². The second kappa shape index (κ2) is 8.20. The van der Waals surface area contributed by atoms with Gasteiger partial charge in [0.1, 0.15) is 5.75 Å². The van der Waals surface area contributed by atoms with Gasteiger partial charge in [-0.25, -0.2) is 0 Å². The Kier molecular flexibility index (Phi) is 5.75. The van der Waals surface area contributed by atoms with Crippen molar-refractivity contribution in [2.24, 2.45) is 0 Å². The topological polar surface area (TPSA) is 84.5 Å². The standard InChI is InChI=1S/C18H13BrN2O4S/c19-12-6-7-14(11(8-12)9-15-17(23)21-18(24)26-15)25-10-16(22)20-13-4-2-1-3-5-13/h1-9H,10H2,(H,20,22)(H,21,23,24)/b15-9-. The third-order valence-corrected chi connectivity index (χ3v) is 4.62. The zero-order valence-corrected chi connectivity index (χ0v) is 15.7. The molecule has 3 amide bonds. The monoisotopic (exact) mass is 432 g/mol. The minimum Gasteiger partial charge on any atom is -0.483 e. The summed E-state index contributed by atoms with van der Waals surface area (Å²) in [5.41, 5.74) is 1.26. The van der Waals surface area contributed by atoms with Crippen molar-refractivity contribution >= 4 is 56.5 Å². The highest BCUT2D eigenvalue weighted by molar-refractivity contribution is 9.10. The number of benzene rings is 2. The average Bonchev–Trinajstić information content (AvgIpc) is 2.92. The summed E-state index contributed by atoms with van der Waals surface area (Å²) >= 11 is 4.18. The van der Waals surface area contributed by atoms with Gasteiger partial charge in [0.25, 0.3) is 17.1 Å². The first-order chi connectivity index (χ1) is 12.5. The van der Waals surface area contributed by atoms with Crippen molar-refractivity contribution in [1.82, 2.24) is 5.32 Å². The number of carbonyl (C=O) groups excluding carboxylic acids is 3. The van der Waals surface area contributed by atoms with E-state index >= 15 is 0 Å². The Balaban J connectivity index is 1.72. The molecule has 1 aliphatic heterocycles. The number of rotatable bonds is 5. The number of imide groups is 1. The van der Waals surface area contributed by atoms with Gasteiger partial charge in [-0.1, -0.05) is 34.1 Å². The molecule has 0 radical (unpaired) electrons. The molecule has 0 aromatic heterocycles.